The minimum absolute atomic E-state index is 0.156. The maximum atomic E-state index is 13.2. The third-order valence-electron chi connectivity index (χ3n) is 7.08. The van der Waals surface area contributed by atoms with E-state index < -0.39 is 0 Å². The van der Waals surface area contributed by atoms with Crippen molar-refractivity contribution in [1.82, 2.24) is 19.4 Å². The van der Waals surface area contributed by atoms with Crippen LogP contribution in [0.3, 0.4) is 0 Å². The number of hydrogen-bond donors (Lipinski definition) is 0. The van der Waals surface area contributed by atoms with Crippen molar-refractivity contribution in [2.24, 2.45) is 0 Å². The number of hydrogen-bond acceptors (Lipinski definition) is 5. The van der Waals surface area contributed by atoms with Crippen LogP contribution < -0.4 is 5.56 Å². The number of benzene rings is 1. The lowest BCUT2D eigenvalue weighted by Crippen LogP contribution is -2.34. The zero-order valence-electron chi connectivity index (χ0n) is 18.4. The topological polar surface area (TPSA) is 41.4 Å². The van der Waals surface area contributed by atoms with Crippen LogP contribution in [0.5, 0.6) is 0 Å². The summed E-state index contributed by atoms with van der Waals surface area (Å²) >= 11 is 1.72. The summed E-state index contributed by atoms with van der Waals surface area (Å²) in [7, 11) is 0. The summed E-state index contributed by atoms with van der Waals surface area (Å²) in [5, 5.41) is 0.879. The Bertz CT molecular complexity index is 1080. The molecule has 2 aliphatic heterocycles. The number of fused-ring (bicyclic) bond motifs is 3. The first-order chi connectivity index (χ1) is 15.2. The van der Waals surface area contributed by atoms with Gasteiger partial charge in [-0.05, 0) is 68.9 Å². The third-order valence-corrected chi connectivity index (χ3v) is 8.28. The molecule has 1 saturated heterocycles. The molecule has 2 aromatic heterocycles. The van der Waals surface area contributed by atoms with Crippen molar-refractivity contribution >= 4 is 21.6 Å². The van der Waals surface area contributed by atoms with Crippen molar-refractivity contribution in [3.05, 3.63) is 63.0 Å². The molecule has 0 amide bonds. The molecule has 3 aromatic rings. The van der Waals surface area contributed by atoms with Gasteiger partial charge in [0.05, 0.1) is 11.7 Å². The van der Waals surface area contributed by atoms with Crippen molar-refractivity contribution in [1.29, 1.82) is 0 Å². The third kappa shape index (κ3) is 4.34. The van der Waals surface area contributed by atoms with Crippen LogP contribution in [0.4, 0.5) is 0 Å². The largest absolute Gasteiger partial charge is 0.303 e. The Morgan fingerprint density at radius 3 is 2.65 bits per heavy atom. The van der Waals surface area contributed by atoms with Gasteiger partial charge in [0, 0.05) is 24.5 Å². The van der Waals surface area contributed by atoms with E-state index >= 15 is 0 Å². The van der Waals surface area contributed by atoms with Crippen molar-refractivity contribution in [3.63, 3.8) is 0 Å². The number of aromatic nitrogens is 2. The first-order valence-corrected chi connectivity index (χ1v) is 12.5. The van der Waals surface area contributed by atoms with Crippen LogP contribution in [0.15, 0.2) is 41.5 Å². The van der Waals surface area contributed by atoms with E-state index in [9.17, 15) is 4.79 Å². The second-order valence-electron chi connectivity index (χ2n) is 8.93. The van der Waals surface area contributed by atoms with Gasteiger partial charge in [-0.3, -0.25) is 14.3 Å². The lowest BCUT2D eigenvalue weighted by atomic mass is 9.89. The number of nitrogens with zero attached hydrogens (tertiary/aromatic N) is 4. The second-order valence-corrected chi connectivity index (χ2v) is 10.0. The van der Waals surface area contributed by atoms with Crippen molar-refractivity contribution in [2.75, 3.05) is 32.7 Å². The van der Waals surface area contributed by atoms with E-state index in [4.69, 9.17) is 0 Å². The van der Waals surface area contributed by atoms with Gasteiger partial charge in [-0.15, -0.1) is 11.3 Å². The van der Waals surface area contributed by atoms with Crippen LogP contribution in [0.2, 0.25) is 0 Å². The van der Waals surface area contributed by atoms with Crippen LogP contribution in [0.1, 0.15) is 48.1 Å². The summed E-state index contributed by atoms with van der Waals surface area (Å²) in [6.45, 7) is 9.31. The van der Waals surface area contributed by atoms with Gasteiger partial charge in [0.2, 0.25) is 0 Å². The lowest BCUT2D eigenvalue weighted by Gasteiger charge is -2.32. The Morgan fingerprint density at radius 2 is 1.87 bits per heavy atom. The van der Waals surface area contributed by atoms with Gasteiger partial charge in [0.25, 0.3) is 5.56 Å². The predicted octanol–water partition coefficient (Wildman–Crippen LogP) is 4.11. The number of aryl methyl sites for hydroxylation is 1. The van der Waals surface area contributed by atoms with E-state index in [0.29, 0.717) is 5.92 Å². The van der Waals surface area contributed by atoms with Gasteiger partial charge in [-0.2, -0.15) is 0 Å². The van der Waals surface area contributed by atoms with Crippen LogP contribution >= 0.6 is 11.3 Å². The average molecular weight is 437 g/mol. The Balaban J connectivity index is 1.20. The first kappa shape index (κ1) is 20.9. The molecule has 1 aromatic carbocycles. The van der Waals surface area contributed by atoms with Crippen LogP contribution in [-0.2, 0) is 19.5 Å². The van der Waals surface area contributed by atoms with E-state index in [-0.39, 0.29) is 5.56 Å². The standard InChI is InChI=1S/C25H32N4OS/c1-2-27-16-11-22-21(17-27)23-24(31-22)26-18-29(25(23)30)13-6-12-28-14-9-20(10-15-28)19-7-4-3-5-8-19/h3-5,7-8,18,20H,2,6,9-17H2,1H3. The molecule has 5 rings (SSSR count). The molecule has 0 unspecified atom stereocenters. The highest BCUT2D eigenvalue weighted by atomic mass is 32.1. The summed E-state index contributed by atoms with van der Waals surface area (Å²) in [4.78, 5) is 25.2. The van der Waals surface area contributed by atoms with Gasteiger partial charge < -0.3 is 4.90 Å². The second kappa shape index (κ2) is 9.23. The summed E-state index contributed by atoms with van der Waals surface area (Å²) in [6.07, 6.45) is 6.27. The lowest BCUT2D eigenvalue weighted by molar-refractivity contribution is 0.207. The molecule has 0 atom stereocenters. The molecule has 1 fully saturated rings. The fourth-order valence-electron chi connectivity index (χ4n) is 5.17. The van der Waals surface area contributed by atoms with E-state index in [1.165, 1.54) is 28.8 Å². The predicted molar refractivity (Wildman–Crippen MR) is 128 cm³/mol. The van der Waals surface area contributed by atoms with Crippen molar-refractivity contribution in [2.45, 2.75) is 51.6 Å². The van der Waals surface area contributed by atoms with Gasteiger partial charge >= 0.3 is 0 Å². The molecule has 0 N–H and O–H groups in total. The number of likely N-dealkylation sites (tertiary alicyclic amines) is 1. The van der Waals surface area contributed by atoms with Crippen molar-refractivity contribution < 1.29 is 0 Å². The maximum absolute atomic E-state index is 13.2. The SMILES string of the molecule is CCN1CCc2sc3ncn(CCCN4CCC(c5ccccc5)CC4)c(=O)c3c2C1. The number of likely N-dealkylation sites (N-methyl/N-ethyl adjacent to an activating group) is 1. The maximum Gasteiger partial charge on any atom is 0.262 e. The minimum atomic E-state index is 0.156. The minimum Gasteiger partial charge on any atom is -0.303 e. The highest BCUT2D eigenvalue weighted by molar-refractivity contribution is 7.18. The first-order valence-electron chi connectivity index (χ1n) is 11.7. The quantitative estimate of drug-likeness (QED) is 0.583. The van der Waals surface area contributed by atoms with Gasteiger partial charge in [-0.25, -0.2) is 4.98 Å². The number of thiophene rings is 1. The number of rotatable bonds is 6. The Kier molecular flexibility index (Phi) is 6.21. The van der Waals surface area contributed by atoms with E-state index in [0.717, 1.165) is 68.9 Å². The zero-order chi connectivity index (χ0) is 21.2. The molecule has 31 heavy (non-hydrogen) atoms. The molecular weight excluding hydrogens is 404 g/mol. The van der Waals surface area contributed by atoms with E-state index in [1.807, 2.05) is 4.57 Å². The fourth-order valence-corrected chi connectivity index (χ4v) is 6.30. The summed E-state index contributed by atoms with van der Waals surface area (Å²) in [6, 6.07) is 10.9. The molecular formula is C25H32N4OS. The molecule has 6 heteroatoms. The molecule has 4 heterocycles. The molecule has 0 aliphatic carbocycles. The van der Waals surface area contributed by atoms with Crippen LogP contribution in [0, 0.1) is 0 Å². The highest BCUT2D eigenvalue weighted by Gasteiger charge is 2.23. The molecule has 0 spiro atoms. The fraction of sp³-hybridized carbons (Fsp3) is 0.520. The highest BCUT2D eigenvalue weighted by Crippen LogP contribution is 2.32. The van der Waals surface area contributed by atoms with Gasteiger partial charge in [0.15, 0.2) is 0 Å². The monoisotopic (exact) mass is 436 g/mol. The molecule has 0 bridgehead atoms. The van der Waals surface area contributed by atoms with Crippen LogP contribution in [0.25, 0.3) is 10.2 Å². The molecule has 0 radical (unpaired) electrons. The zero-order valence-corrected chi connectivity index (χ0v) is 19.2. The smallest absolute Gasteiger partial charge is 0.262 e. The van der Waals surface area contributed by atoms with Gasteiger partial charge in [-0.1, -0.05) is 37.3 Å². The van der Waals surface area contributed by atoms with Crippen molar-refractivity contribution in [3.8, 4) is 0 Å². The summed E-state index contributed by atoms with van der Waals surface area (Å²) in [5.74, 6) is 0.694. The van der Waals surface area contributed by atoms with Crippen LogP contribution in [-0.4, -0.2) is 52.1 Å². The van der Waals surface area contributed by atoms with Gasteiger partial charge in [0.1, 0.15) is 4.83 Å². The molecule has 0 saturated carbocycles. The molecule has 5 nitrogen and oxygen atoms in total. The summed E-state index contributed by atoms with van der Waals surface area (Å²) < 4.78 is 1.84. The Morgan fingerprint density at radius 1 is 1.06 bits per heavy atom. The summed E-state index contributed by atoms with van der Waals surface area (Å²) in [5.41, 5.74) is 2.87. The molecule has 2 aliphatic rings. The number of piperidine rings is 1. The van der Waals surface area contributed by atoms with E-state index in [2.05, 4.69) is 52.0 Å². The Labute approximate surface area is 188 Å². The molecule has 164 valence electrons. The normalized spacial score (nSPS) is 18.5. The average Bonchev–Trinajstić information content (AvgIpc) is 3.20. The van der Waals surface area contributed by atoms with E-state index in [1.54, 1.807) is 17.7 Å². The Hall–Kier alpha value is -2.02.